The number of epoxide rings is 1. The minimum atomic E-state index is -1.57. The minimum Gasteiger partial charge on any atom is -0.495 e. The molecular weight excluding hydrogens is 718 g/mol. The van der Waals surface area contributed by atoms with Gasteiger partial charge in [0.1, 0.15) is 46.3 Å². The van der Waals surface area contributed by atoms with E-state index in [0.717, 1.165) is 11.1 Å². The van der Waals surface area contributed by atoms with Crippen LogP contribution in [0.5, 0.6) is 5.75 Å². The summed E-state index contributed by atoms with van der Waals surface area (Å²) in [6, 6.07) is 2.90. The van der Waals surface area contributed by atoms with E-state index < -0.39 is 65.4 Å². The summed E-state index contributed by atoms with van der Waals surface area (Å²) in [6.07, 6.45) is 2.23. The first-order valence-corrected chi connectivity index (χ1v) is 18.9. The molecule has 0 spiro atoms. The van der Waals surface area contributed by atoms with Crippen LogP contribution in [-0.4, -0.2) is 128 Å². The highest BCUT2D eigenvalue weighted by Gasteiger charge is 2.64. The van der Waals surface area contributed by atoms with E-state index in [-0.39, 0.29) is 42.7 Å². The third-order valence-electron chi connectivity index (χ3n) is 11.3. The van der Waals surface area contributed by atoms with Gasteiger partial charge in [-0.1, -0.05) is 42.3 Å². The largest absolute Gasteiger partial charge is 0.495 e. The minimum absolute atomic E-state index is 0.0631. The summed E-state index contributed by atoms with van der Waals surface area (Å²) in [4.78, 5) is 58.9. The molecule has 54 heavy (non-hydrogen) atoms. The highest BCUT2D eigenvalue weighted by Crippen LogP contribution is 2.50. The molecule has 0 aromatic heterocycles. The zero-order valence-electron chi connectivity index (χ0n) is 33.5. The van der Waals surface area contributed by atoms with Gasteiger partial charge < -0.3 is 43.5 Å². The Kier molecular flexibility index (Phi) is 14.0. The lowest BCUT2D eigenvalue weighted by molar-refractivity contribution is -0.187. The number of hydrogen-bond donors (Lipinski definition) is 1. The lowest BCUT2D eigenvalue weighted by atomic mass is 9.78. The topological polar surface area (TPSA) is 148 Å². The summed E-state index contributed by atoms with van der Waals surface area (Å²) in [5.74, 6) is -2.04. The molecule has 2 fully saturated rings. The second kappa shape index (κ2) is 17.5. The normalized spacial score (nSPS) is 31.2. The first-order chi connectivity index (χ1) is 25.3. The monoisotopic (exact) mass is 775 g/mol. The Labute approximate surface area is 324 Å². The molecule has 0 aliphatic carbocycles. The highest BCUT2D eigenvalue weighted by atomic mass is 35.5. The maximum atomic E-state index is 14.2. The zero-order valence-corrected chi connectivity index (χ0v) is 34.3. The Morgan fingerprint density at radius 3 is 2.48 bits per heavy atom. The van der Waals surface area contributed by atoms with Crippen molar-refractivity contribution in [2.45, 2.75) is 121 Å². The number of carbonyl (C=O) groups is 4. The van der Waals surface area contributed by atoms with E-state index in [0.29, 0.717) is 24.4 Å². The molecule has 4 rings (SSSR count). The van der Waals surface area contributed by atoms with Gasteiger partial charge in [0.25, 0.3) is 0 Å². The number of allylic oxidation sites excluding steroid dienone is 3. The molecule has 3 aliphatic rings. The molecule has 8 atom stereocenters. The van der Waals surface area contributed by atoms with Crippen LogP contribution in [0.15, 0.2) is 35.9 Å². The van der Waals surface area contributed by atoms with Crippen LogP contribution in [0.2, 0.25) is 5.02 Å². The molecule has 0 radical (unpaired) electrons. The predicted octanol–water partition coefficient (Wildman–Crippen LogP) is 4.49. The third-order valence-corrected chi connectivity index (χ3v) is 11.7. The number of aliphatic hydroxyl groups is 1. The third kappa shape index (κ3) is 9.65. The number of hydrogen-bond acceptors (Lipinski definition) is 11. The van der Waals surface area contributed by atoms with Gasteiger partial charge in [-0.2, -0.15) is 0 Å². The number of fused-ring (bicyclic) bond motifs is 5. The van der Waals surface area contributed by atoms with Gasteiger partial charge in [0.15, 0.2) is 0 Å². The average Bonchev–Trinajstić information content (AvgIpc) is 3.82. The van der Waals surface area contributed by atoms with Crippen molar-refractivity contribution in [1.29, 1.82) is 0 Å². The maximum Gasteiger partial charge on any atom is 0.328 e. The summed E-state index contributed by atoms with van der Waals surface area (Å²) in [7, 11) is 8.04. The number of methoxy groups -OCH3 is 2. The Morgan fingerprint density at radius 2 is 1.85 bits per heavy atom. The second-order valence-corrected chi connectivity index (χ2v) is 15.9. The smallest absolute Gasteiger partial charge is 0.328 e. The molecule has 2 amide bonds. The van der Waals surface area contributed by atoms with Crippen molar-refractivity contribution in [2.75, 3.05) is 46.8 Å². The van der Waals surface area contributed by atoms with Crippen LogP contribution in [0.3, 0.4) is 0 Å². The quantitative estimate of drug-likeness (QED) is 0.280. The maximum absolute atomic E-state index is 14.2. The van der Waals surface area contributed by atoms with Gasteiger partial charge in [-0.25, -0.2) is 4.79 Å². The number of anilines is 1. The van der Waals surface area contributed by atoms with Crippen LogP contribution in [0.25, 0.3) is 0 Å². The summed E-state index contributed by atoms with van der Waals surface area (Å²) in [6.45, 7) is 11.7. The zero-order chi connectivity index (χ0) is 40.3. The molecule has 1 aromatic carbocycles. The number of ether oxygens (including phenoxy) is 5. The molecule has 1 N–H and O–H groups in total. The summed E-state index contributed by atoms with van der Waals surface area (Å²) >= 11 is 6.78. The van der Waals surface area contributed by atoms with Crippen molar-refractivity contribution in [3.05, 3.63) is 46.5 Å². The molecule has 3 aliphatic heterocycles. The van der Waals surface area contributed by atoms with Crippen LogP contribution in [0, 0.1) is 5.92 Å². The van der Waals surface area contributed by atoms with E-state index >= 15 is 0 Å². The molecule has 0 unspecified atom stereocenters. The SMILES string of the molecule is COc1cc2cc(c1Cl)N(C)C(=O)C[C@H](OC(=O)[C@H](C)N(C)C(=O)CCN(C)C(C)C)[C@]1(C)O[C@H]1[C@H](C)[C@@H]1C[C@@](O)(CC(=O)O1)[C@H](OC)/C=C/C=C(\C)C2. The Balaban J connectivity index is 1.72. The summed E-state index contributed by atoms with van der Waals surface area (Å²) < 4.78 is 29.5. The van der Waals surface area contributed by atoms with Crippen molar-refractivity contribution in [3.8, 4) is 5.75 Å². The Morgan fingerprint density at radius 1 is 1.17 bits per heavy atom. The molecule has 300 valence electrons. The van der Waals surface area contributed by atoms with Crippen LogP contribution < -0.4 is 9.64 Å². The summed E-state index contributed by atoms with van der Waals surface area (Å²) in [5, 5.41) is 12.1. The Hall–Kier alpha value is -3.49. The highest BCUT2D eigenvalue weighted by molar-refractivity contribution is 6.35. The number of nitrogens with zero attached hydrogens (tertiary/aromatic N) is 3. The van der Waals surface area contributed by atoms with Crippen molar-refractivity contribution in [1.82, 2.24) is 9.80 Å². The molecule has 3 heterocycles. The van der Waals surface area contributed by atoms with Gasteiger partial charge in [-0.3, -0.25) is 14.4 Å². The number of likely N-dealkylation sites (N-methyl/N-ethyl adjacent to an activating group) is 1. The fourth-order valence-electron chi connectivity index (χ4n) is 7.18. The number of esters is 2. The van der Waals surface area contributed by atoms with E-state index in [1.807, 2.05) is 51.8 Å². The van der Waals surface area contributed by atoms with E-state index in [1.54, 1.807) is 46.2 Å². The van der Waals surface area contributed by atoms with Crippen LogP contribution >= 0.6 is 11.6 Å². The van der Waals surface area contributed by atoms with Crippen LogP contribution in [0.4, 0.5) is 5.69 Å². The molecule has 4 bridgehead atoms. The number of carbonyl (C=O) groups excluding carboxylic acids is 4. The van der Waals surface area contributed by atoms with E-state index in [9.17, 15) is 24.3 Å². The van der Waals surface area contributed by atoms with Crippen LogP contribution in [-0.2, 0) is 44.5 Å². The standard InChI is InChI=1S/C40H58ClN3O10/c1-23(2)42(7)16-15-33(45)43(8)26(5)38(48)53-32-20-34(46)44(9)28-18-27(19-29(50-10)36(28)41)17-24(3)13-12-14-31(51-11)40(49)21-30(52-35(47)22-40)25(4)37-39(32,6)54-37/h12-14,18-19,23,25-26,30-32,37,49H,15-17,20-22H2,1-11H3/b14-12+,24-13+/t25-,26+,30+,31-,32+,37+,39+,40-/m1/s1. The van der Waals surface area contributed by atoms with Gasteiger partial charge in [-0.05, 0) is 65.8 Å². The van der Waals surface area contributed by atoms with Gasteiger partial charge in [-0.15, -0.1) is 0 Å². The van der Waals surface area contributed by atoms with Crippen molar-refractivity contribution in [3.63, 3.8) is 0 Å². The van der Waals surface area contributed by atoms with Crippen LogP contribution in [0.1, 0.15) is 72.8 Å². The van der Waals surface area contributed by atoms with E-state index in [2.05, 4.69) is 0 Å². The second-order valence-electron chi connectivity index (χ2n) is 15.5. The van der Waals surface area contributed by atoms with Gasteiger partial charge in [0.2, 0.25) is 11.8 Å². The lowest BCUT2D eigenvalue weighted by Crippen LogP contribution is -2.53. The lowest BCUT2D eigenvalue weighted by Gasteiger charge is -2.41. The fraction of sp³-hybridized carbons (Fsp3) is 0.650. The van der Waals surface area contributed by atoms with Crippen molar-refractivity contribution < 1.29 is 48.0 Å². The molecule has 2 saturated heterocycles. The number of rotatable bonds is 9. The molecular formula is C40H58ClN3O10. The molecule has 0 saturated carbocycles. The first-order valence-electron chi connectivity index (χ1n) is 18.5. The van der Waals surface area contributed by atoms with Gasteiger partial charge >= 0.3 is 11.9 Å². The molecule has 1 aromatic rings. The average molecular weight is 776 g/mol. The molecule has 13 nitrogen and oxygen atoms in total. The Bertz CT molecular complexity index is 1630. The number of benzene rings is 1. The van der Waals surface area contributed by atoms with Crippen molar-refractivity contribution in [2.24, 2.45) is 5.92 Å². The fourth-order valence-corrected chi connectivity index (χ4v) is 7.49. The number of halogens is 1. The first kappa shape index (κ1) is 43.2. The summed E-state index contributed by atoms with van der Waals surface area (Å²) in [5.41, 5.74) is -0.590. The number of amides is 2. The van der Waals surface area contributed by atoms with Crippen molar-refractivity contribution >= 4 is 41.0 Å². The van der Waals surface area contributed by atoms with E-state index in [4.69, 9.17) is 35.3 Å². The van der Waals surface area contributed by atoms with Gasteiger partial charge in [0, 0.05) is 52.6 Å². The van der Waals surface area contributed by atoms with Gasteiger partial charge in [0.05, 0.1) is 31.7 Å². The van der Waals surface area contributed by atoms with E-state index in [1.165, 1.54) is 24.0 Å². The molecule has 14 heteroatoms. The predicted molar refractivity (Wildman–Crippen MR) is 204 cm³/mol.